The maximum Gasteiger partial charge on any atom is 0.407 e. The van der Waals surface area contributed by atoms with Crippen LogP contribution in [0.3, 0.4) is 0 Å². The lowest BCUT2D eigenvalue weighted by molar-refractivity contribution is -0.138. The summed E-state index contributed by atoms with van der Waals surface area (Å²) in [7, 11) is 0. The molecule has 0 unspecified atom stereocenters. The van der Waals surface area contributed by atoms with Crippen molar-refractivity contribution in [1.82, 2.24) is 5.32 Å². The quantitative estimate of drug-likeness (QED) is 0.629. The molecule has 0 bridgehead atoms. The van der Waals surface area contributed by atoms with E-state index in [0.717, 1.165) is 0 Å². The van der Waals surface area contributed by atoms with Crippen molar-refractivity contribution >= 4 is 6.09 Å². The van der Waals surface area contributed by atoms with Crippen LogP contribution in [-0.2, 0) is 14.2 Å². The van der Waals surface area contributed by atoms with Gasteiger partial charge in [-0.1, -0.05) is 0 Å². The van der Waals surface area contributed by atoms with Gasteiger partial charge in [-0.05, 0) is 20.8 Å². The van der Waals surface area contributed by atoms with Crippen molar-refractivity contribution in [2.75, 3.05) is 26.4 Å². The molecule has 0 aliphatic rings. The first kappa shape index (κ1) is 14.2. The fourth-order valence-corrected chi connectivity index (χ4v) is 1.06. The van der Waals surface area contributed by atoms with Gasteiger partial charge in [-0.2, -0.15) is 0 Å². The maximum atomic E-state index is 10.9. The molecule has 1 N–H and O–H groups in total. The molecule has 90 valence electrons. The molecule has 0 aromatic carbocycles. The Hall–Kier alpha value is -0.810. The highest BCUT2D eigenvalue weighted by molar-refractivity contribution is 5.66. The molecule has 0 spiro atoms. The van der Waals surface area contributed by atoms with Crippen LogP contribution in [0, 0.1) is 0 Å². The van der Waals surface area contributed by atoms with E-state index >= 15 is 0 Å². The molecular formula is C10H21NO4. The second-order valence-corrected chi connectivity index (χ2v) is 2.78. The van der Waals surface area contributed by atoms with Gasteiger partial charge in [-0.15, -0.1) is 0 Å². The predicted molar refractivity (Wildman–Crippen MR) is 56.7 cm³/mol. The Morgan fingerprint density at radius 3 is 2.20 bits per heavy atom. The van der Waals surface area contributed by atoms with E-state index in [9.17, 15) is 4.79 Å². The molecule has 0 atom stereocenters. The molecule has 0 fully saturated rings. The average molecular weight is 219 g/mol. The number of hydrogen-bond acceptors (Lipinski definition) is 4. The van der Waals surface area contributed by atoms with E-state index in [-0.39, 0.29) is 6.29 Å². The van der Waals surface area contributed by atoms with Crippen molar-refractivity contribution in [1.29, 1.82) is 0 Å². The molecule has 0 radical (unpaired) electrons. The number of carbonyl (C=O) groups is 1. The van der Waals surface area contributed by atoms with Gasteiger partial charge in [0.2, 0.25) is 0 Å². The molecule has 0 saturated heterocycles. The number of ether oxygens (including phenoxy) is 3. The number of carbonyl (C=O) groups excluding carboxylic acids is 1. The van der Waals surface area contributed by atoms with Crippen LogP contribution in [0.5, 0.6) is 0 Å². The van der Waals surface area contributed by atoms with Gasteiger partial charge in [0.05, 0.1) is 6.61 Å². The summed E-state index contributed by atoms with van der Waals surface area (Å²) in [6, 6.07) is 0. The summed E-state index contributed by atoms with van der Waals surface area (Å²) in [6.45, 7) is 7.65. The smallest absolute Gasteiger partial charge is 0.407 e. The number of hydrogen-bond donors (Lipinski definition) is 1. The summed E-state index contributed by atoms with van der Waals surface area (Å²) in [4.78, 5) is 10.9. The van der Waals surface area contributed by atoms with Crippen LogP contribution >= 0.6 is 0 Å². The minimum atomic E-state index is -0.399. The standard InChI is InChI=1S/C10H21NO4/c1-4-13-9(14-5-2)7-8-11-10(12)15-6-3/h9H,4-8H2,1-3H3,(H,11,12). The van der Waals surface area contributed by atoms with Crippen LogP contribution in [0.4, 0.5) is 4.79 Å². The Kier molecular flexibility index (Phi) is 9.21. The van der Waals surface area contributed by atoms with E-state index in [1.54, 1.807) is 6.92 Å². The highest BCUT2D eigenvalue weighted by atomic mass is 16.7. The molecular weight excluding hydrogens is 198 g/mol. The van der Waals surface area contributed by atoms with Crippen molar-refractivity contribution < 1.29 is 19.0 Å². The molecule has 1 amide bonds. The van der Waals surface area contributed by atoms with Gasteiger partial charge >= 0.3 is 6.09 Å². The van der Waals surface area contributed by atoms with E-state index in [1.807, 2.05) is 13.8 Å². The Labute approximate surface area is 91.1 Å². The van der Waals surface area contributed by atoms with Crippen LogP contribution < -0.4 is 5.32 Å². The van der Waals surface area contributed by atoms with Crippen molar-refractivity contribution in [3.05, 3.63) is 0 Å². The summed E-state index contributed by atoms with van der Waals surface area (Å²) in [5, 5.41) is 2.61. The van der Waals surface area contributed by atoms with Crippen LogP contribution in [-0.4, -0.2) is 38.7 Å². The summed E-state index contributed by atoms with van der Waals surface area (Å²) < 4.78 is 15.3. The molecule has 0 rings (SSSR count). The van der Waals surface area contributed by atoms with Gasteiger partial charge in [0.1, 0.15) is 0 Å². The summed E-state index contributed by atoms with van der Waals surface area (Å²) in [6.07, 6.45) is -0.0216. The summed E-state index contributed by atoms with van der Waals surface area (Å²) in [5.74, 6) is 0. The Bertz CT molecular complexity index is 158. The van der Waals surface area contributed by atoms with E-state index in [2.05, 4.69) is 5.32 Å². The first-order chi connectivity index (χ1) is 7.24. The third kappa shape index (κ3) is 8.20. The van der Waals surface area contributed by atoms with E-state index < -0.39 is 6.09 Å². The molecule has 0 aromatic heterocycles. The minimum absolute atomic E-state index is 0.248. The first-order valence-corrected chi connectivity index (χ1v) is 5.38. The fraction of sp³-hybridized carbons (Fsp3) is 0.900. The Morgan fingerprint density at radius 1 is 1.13 bits per heavy atom. The van der Waals surface area contributed by atoms with Crippen molar-refractivity contribution in [2.24, 2.45) is 0 Å². The Morgan fingerprint density at radius 2 is 1.73 bits per heavy atom. The average Bonchev–Trinajstić information content (AvgIpc) is 2.19. The second-order valence-electron chi connectivity index (χ2n) is 2.78. The number of alkyl carbamates (subject to hydrolysis) is 1. The Balaban J connectivity index is 3.55. The van der Waals surface area contributed by atoms with Crippen LogP contribution in [0.25, 0.3) is 0 Å². The van der Waals surface area contributed by atoms with Gasteiger partial charge in [0, 0.05) is 26.2 Å². The van der Waals surface area contributed by atoms with E-state index in [1.165, 1.54) is 0 Å². The summed E-state index contributed by atoms with van der Waals surface area (Å²) >= 11 is 0. The van der Waals surface area contributed by atoms with Crippen molar-refractivity contribution in [3.63, 3.8) is 0 Å². The molecule has 15 heavy (non-hydrogen) atoms. The van der Waals surface area contributed by atoms with Crippen LogP contribution in [0.1, 0.15) is 27.2 Å². The highest BCUT2D eigenvalue weighted by Gasteiger charge is 2.08. The molecule has 0 heterocycles. The van der Waals surface area contributed by atoms with Crippen molar-refractivity contribution in [3.8, 4) is 0 Å². The van der Waals surface area contributed by atoms with E-state index in [0.29, 0.717) is 32.8 Å². The van der Waals surface area contributed by atoms with Gasteiger partial charge in [-0.3, -0.25) is 0 Å². The van der Waals surface area contributed by atoms with Crippen LogP contribution in [0.2, 0.25) is 0 Å². The zero-order valence-electron chi connectivity index (χ0n) is 9.75. The maximum absolute atomic E-state index is 10.9. The van der Waals surface area contributed by atoms with E-state index in [4.69, 9.17) is 14.2 Å². The van der Waals surface area contributed by atoms with Crippen LogP contribution in [0.15, 0.2) is 0 Å². The lowest BCUT2D eigenvalue weighted by Crippen LogP contribution is -2.29. The van der Waals surface area contributed by atoms with Gasteiger partial charge < -0.3 is 19.5 Å². The van der Waals surface area contributed by atoms with Crippen molar-refractivity contribution in [2.45, 2.75) is 33.5 Å². The molecule has 0 aliphatic carbocycles. The number of rotatable bonds is 8. The van der Waals surface area contributed by atoms with Gasteiger partial charge in [0.25, 0.3) is 0 Å². The second kappa shape index (κ2) is 9.73. The van der Waals surface area contributed by atoms with Gasteiger partial charge in [0.15, 0.2) is 6.29 Å². The molecule has 0 aromatic rings. The summed E-state index contributed by atoms with van der Waals surface area (Å²) in [5.41, 5.74) is 0. The first-order valence-electron chi connectivity index (χ1n) is 5.38. The largest absolute Gasteiger partial charge is 0.450 e. The molecule has 5 nitrogen and oxygen atoms in total. The predicted octanol–water partition coefficient (Wildman–Crippen LogP) is 1.52. The third-order valence-electron chi connectivity index (χ3n) is 1.63. The molecule has 0 aliphatic heterocycles. The van der Waals surface area contributed by atoms with Gasteiger partial charge in [-0.25, -0.2) is 4.79 Å². The number of nitrogens with one attached hydrogen (secondary N) is 1. The SMILES string of the molecule is CCOC(=O)NCCC(OCC)OCC. The topological polar surface area (TPSA) is 56.8 Å². The lowest BCUT2D eigenvalue weighted by Gasteiger charge is -2.16. The lowest BCUT2D eigenvalue weighted by atomic mass is 10.4. The zero-order valence-corrected chi connectivity index (χ0v) is 9.75. The highest BCUT2D eigenvalue weighted by Crippen LogP contribution is 1.99. The fourth-order valence-electron chi connectivity index (χ4n) is 1.06. The third-order valence-corrected chi connectivity index (χ3v) is 1.63. The zero-order chi connectivity index (χ0) is 11.5. The molecule has 5 heteroatoms. The normalized spacial score (nSPS) is 10.4. The minimum Gasteiger partial charge on any atom is -0.450 e. The molecule has 0 saturated carbocycles. The monoisotopic (exact) mass is 219 g/mol. The number of amides is 1.